The van der Waals surface area contributed by atoms with Gasteiger partial charge in [-0.25, -0.2) is 4.79 Å². The molecule has 1 heterocycles. The molecule has 0 aromatic rings. The highest BCUT2D eigenvalue weighted by Crippen LogP contribution is 2.12. The number of carbonyl (C=O) groups excluding carboxylic acids is 1. The number of carbonyl (C=O) groups is 2. The van der Waals surface area contributed by atoms with Crippen molar-refractivity contribution >= 4 is 24.3 Å². The van der Waals surface area contributed by atoms with Gasteiger partial charge in [-0.15, -0.1) is 12.4 Å². The second kappa shape index (κ2) is 19.8. The molecule has 1 aliphatic heterocycles. The third-order valence-electron chi connectivity index (χ3n) is 5.40. The van der Waals surface area contributed by atoms with Crippen molar-refractivity contribution in [1.29, 1.82) is 0 Å². The lowest BCUT2D eigenvalue weighted by Crippen LogP contribution is -2.38. The van der Waals surface area contributed by atoms with Gasteiger partial charge in [-0.05, 0) is 25.8 Å². The predicted octanol–water partition coefficient (Wildman–Crippen LogP) is 4.57. The van der Waals surface area contributed by atoms with Gasteiger partial charge in [-0.1, -0.05) is 64.4 Å². The Bertz CT molecular complexity index is 480. The number of carboxylic acids is 1. The highest BCUT2D eigenvalue weighted by molar-refractivity contribution is 5.93. The number of halogens is 1. The first kappa shape index (κ1) is 28.9. The van der Waals surface area contributed by atoms with E-state index < -0.39 is 5.97 Å². The van der Waals surface area contributed by atoms with E-state index in [0.717, 1.165) is 58.5 Å². The van der Waals surface area contributed by atoms with Gasteiger partial charge in [0.15, 0.2) is 0 Å². The van der Waals surface area contributed by atoms with Crippen LogP contribution in [0.15, 0.2) is 11.6 Å². The van der Waals surface area contributed by atoms with Crippen LogP contribution in [0.3, 0.4) is 0 Å². The largest absolute Gasteiger partial charge is 0.478 e. The van der Waals surface area contributed by atoms with Gasteiger partial charge in [0.1, 0.15) is 0 Å². The Labute approximate surface area is 189 Å². The maximum atomic E-state index is 12.0. The number of ether oxygens (including phenoxy) is 1. The Morgan fingerprint density at radius 3 is 2.17 bits per heavy atom. The van der Waals surface area contributed by atoms with E-state index in [1.165, 1.54) is 44.9 Å². The molecule has 1 aliphatic rings. The highest BCUT2D eigenvalue weighted by atomic mass is 35.5. The van der Waals surface area contributed by atoms with Crippen LogP contribution >= 0.6 is 12.4 Å². The molecule has 1 saturated heterocycles. The van der Waals surface area contributed by atoms with Crippen molar-refractivity contribution in [3.05, 3.63) is 11.6 Å². The molecule has 0 aromatic heterocycles. The number of unbranched alkanes of at least 4 members (excludes halogenated alkanes) is 9. The van der Waals surface area contributed by atoms with Crippen LogP contribution in [0.25, 0.3) is 0 Å². The topological polar surface area (TPSA) is 78.9 Å². The van der Waals surface area contributed by atoms with Crippen molar-refractivity contribution < 1.29 is 19.4 Å². The standard InChI is InChI=1S/C23H42N2O4.ClH/c1-2-3-4-5-6-7-8-9-10-11-13-21(23(27)28)20-22(26)24-14-12-15-25-16-18-29-19-17-25;/h13H,2-12,14-20H2,1H3,(H,24,26)(H,27,28);1H. The fourth-order valence-corrected chi connectivity index (χ4v) is 3.56. The van der Waals surface area contributed by atoms with Gasteiger partial charge in [-0.3, -0.25) is 9.69 Å². The van der Waals surface area contributed by atoms with E-state index in [1.54, 1.807) is 6.08 Å². The number of morpholine rings is 1. The predicted molar refractivity (Wildman–Crippen MR) is 124 cm³/mol. The summed E-state index contributed by atoms with van der Waals surface area (Å²) in [7, 11) is 0. The molecule has 0 saturated carbocycles. The Balaban J connectivity index is 0.00000841. The molecule has 0 spiro atoms. The van der Waals surface area contributed by atoms with E-state index >= 15 is 0 Å². The molecule has 30 heavy (non-hydrogen) atoms. The van der Waals surface area contributed by atoms with Gasteiger partial charge in [0, 0.05) is 25.2 Å². The quantitative estimate of drug-likeness (QED) is 0.253. The normalized spacial score (nSPS) is 14.9. The Morgan fingerprint density at radius 2 is 1.57 bits per heavy atom. The second-order valence-electron chi connectivity index (χ2n) is 7.99. The van der Waals surface area contributed by atoms with Crippen LogP contribution < -0.4 is 5.32 Å². The monoisotopic (exact) mass is 446 g/mol. The van der Waals surface area contributed by atoms with Gasteiger partial charge in [0.25, 0.3) is 0 Å². The lowest BCUT2D eigenvalue weighted by atomic mass is 10.0. The Kier molecular flexibility index (Phi) is 19.1. The molecule has 2 N–H and O–H groups in total. The first-order valence-corrected chi connectivity index (χ1v) is 11.6. The van der Waals surface area contributed by atoms with Crippen LogP contribution in [0.1, 0.15) is 84.0 Å². The van der Waals surface area contributed by atoms with Gasteiger partial charge in [0.05, 0.1) is 19.6 Å². The molecule has 0 bridgehead atoms. The third kappa shape index (κ3) is 15.7. The maximum absolute atomic E-state index is 12.0. The lowest BCUT2D eigenvalue weighted by Gasteiger charge is -2.26. The summed E-state index contributed by atoms with van der Waals surface area (Å²) in [6, 6.07) is 0. The van der Waals surface area contributed by atoms with Gasteiger partial charge in [0.2, 0.25) is 5.91 Å². The van der Waals surface area contributed by atoms with Crippen LogP contribution in [0.2, 0.25) is 0 Å². The second-order valence-corrected chi connectivity index (χ2v) is 7.99. The van der Waals surface area contributed by atoms with Crippen LogP contribution in [-0.2, 0) is 14.3 Å². The number of nitrogens with zero attached hydrogens (tertiary/aromatic N) is 1. The van der Waals surface area contributed by atoms with E-state index in [9.17, 15) is 14.7 Å². The Hall–Kier alpha value is -1.11. The van der Waals surface area contributed by atoms with Crippen molar-refractivity contribution in [3.8, 4) is 0 Å². The number of allylic oxidation sites excluding steroid dienone is 1. The molecule has 0 aromatic carbocycles. The highest BCUT2D eigenvalue weighted by Gasteiger charge is 2.13. The zero-order chi connectivity index (χ0) is 21.2. The Morgan fingerprint density at radius 1 is 0.967 bits per heavy atom. The summed E-state index contributed by atoms with van der Waals surface area (Å²) in [5, 5.41) is 12.2. The molecular formula is C23H43ClN2O4. The minimum Gasteiger partial charge on any atom is -0.478 e. The summed E-state index contributed by atoms with van der Waals surface area (Å²) in [5.74, 6) is -1.18. The van der Waals surface area contributed by atoms with Crippen molar-refractivity contribution in [3.63, 3.8) is 0 Å². The molecule has 0 atom stereocenters. The maximum Gasteiger partial charge on any atom is 0.331 e. The number of hydrogen-bond donors (Lipinski definition) is 2. The van der Waals surface area contributed by atoms with Crippen molar-refractivity contribution in [2.75, 3.05) is 39.4 Å². The van der Waals surface area contributed by atoms with Crippen molar-refractivity contribution in [2.24, 2.45) is 0 Å². The average molecular weight is 447 g/mol. The van der Waals surface area contributed by atoms with E-state index in [-0.39, 0.29) is 30.3 Å². The van der Waals surface area contributed by atoms with Gasteiger partial charge in [-0.2, -0.15) is 0 Å². The molecule has 176 valence electrons. The summed E-state index contributed by atoms with van der Waals surface area (Å²) >= 11 is 0. The number of amides is 1. The first-order valence-electron chi connectivity index (χ1n) is 11.6. The first-order chi connectivity index (χ1) is 14.1. The zero-order valence-corrected chi connectivity index (χ0v) is 19.6. The number of hydrogen-bond acceptors (Lipinski definition) is 4. The summed E-state index contributed by atoms with van der Waals surface area (Å²) < 4.78 is 5.31. The average Bonchev–Trinajstić information content (AvgIpc) is 2.72. The van der Waals surface area contributed by atoms with Crippen LogP contribution in [0.4, 0.5) is 0 Å². The lowest BCUT2D eigenvalue weighted by molar-refractivity contribution is -0.134. The third-order valence-corrected chi connectivity index (χ3v) is 5.40. The smallest absolute Gasteiger partial charge is 0.331 e. The molecular weight excluding hydrogens is 404 g/mol. The molecule has 6 nitrogen and oxygen atoms in total. The van der Waals surface area contributed by atoms with E-state index in [4.69, 9.17) is 4.74 Å². The number of nitrogens with one attached hydrogen (secondary N) is 1. The SMILES string of the molecule is CCCCCCCCCCCC=C(CC(=O)NCCCN1CCOCC1)C(=O)O.Cl. The molecule has 7 heteroatoms. The summed E-state index contributed by atoms with van der Waals surface area (Å²) in [6.07, 6.45) is 14.5. The van der Waals surface area contributed by atoms with E-state index in [1.807, 2.05) is 0 Å². The molecule has 1 amide bonds. The van der Waals surface area contributed by atoms with E-state index in [2.05, 4.69) is 17.1 Å². The van der Waals surface area contributed by atoms with Crippen molar-refractivity contribution in [1.82, 2.24) is 10.2 Å². The summed E-state index contributed by atoms with van der Waals surface area (Å²) in [4.78, 5) is 25.8. The van der Waals surface area contributed by atoms with Crippen LogP contribution in [0, 0.1) is 0 Å². The number of rotatable bonds is 17. The van der Waals surface area contributed by atoms with E-state index in [0.29, 0.717) is 6.54 Å². The van der Waals surface area contributed by atoms with Crippen LogP contribution in [-0.4, -0.2) is 61.3 Å². The fraction of sp³-hybridized carbons (Fsp3) is 0.826. The summed E-state index contributed by atoms with van der Waals surface area (Å²) in [6.45, 7) is 7.19. The molecule has 0 radical (unpaired) electrons. The van der Waals surface area contributed by atoms with Crippen molar-refractivity contribution in [2.45, 2.75) is 84.0 Å². The van der Waals surface area contributed by atoms with Gasteiger partial charge >= 0.3 is 5.97 Å². The number of aliphatic carboxylic acids is 1. The molecule has 1 fully saturated rings. The molecule has 0 unspecified atom stereocenters. The zero-order valence-electron chi connectivity index (χ0n) is 18.8. The van der Waals surface area contributed by atoms with Gasteiger partial charge < -0.3 is 15.2 Å². The van der Waals surface area contributed by atoms with Crippen LogP contribution in [0.5, 0.6) is 0 Å². The molecule has 1 rings (SSSR count). The minimum atomic E-state index is -0.982. The molecule has 0 aliphatic carbocycles. The fourth-order valence-electron chi connectivity index (χ4n) is 3.56. The number of carboxylic acid groups (broad SMARTS) is 1. The summed E-state index contributed by atoms with van der Waals surface area (Å²) in [5.41, 5.74) is 0.218. The minimum absolute atomic E-state index is 0.